The highest BCUT2D eigenvalue weighted by atomic mass is 32.2. The topological polar surface area (TPSA) is 75.4 Å². The van der Waals surface area contributed by atoms with Gasteiger partial charge in [0.2, 0.25) is 10.0 Å². The summed E-state index contributed by atoms with van der Waals surface area (Å²) in [5.41, 5.74) is 0.768. The van der Waals surface area contributed by atoms with E-state index < -0.39 is 10.0 Å². The van der Waals surface area contributed by atoms with E-state index in [0.29, 0.717) is 0 Å². The Balaban J connectivity index is 2.02. The van der Waals surface area contributed by atoms with Gasteiger partial charge in [0.15, 0.2) is 0 Å². The van der Waals surface area contributed by atoms with Crippen molar-refractivity contribution in [2.45, 2.75) is 23.3 Å². The molecule has 1 heterocycles. The number of nitrogens with two attached hydrogens (primary N) is 1. The summed E-state index contributed by atoms with van der Waals surface area (Å²) in [7, 11) is -3.66. The molecule has 6 heteroatoms. The Labute approximate surface area is 113 Å². The lowest BCUT2D eigenvalue weighted by atomic mass is 10.0. The number of rotatable bonds is 3. The van der Waals surface area contributed by atoms with Gasteiger partial charge in [0, 0.05) is 31.7 Å². The molecule has 19 heavy (non-hydrogen) atoms. The standard InChI is InChI=1S/C13H19N3O2S/c14-19(17,18)12-4-2-1-3-11(12)13(5-6-13)16-9-7-15-8-10-16/h1-4,15H,5-10H2,(H2,14,17,18). The number of piperazine rings is 1. The Kier molecular flexibility index (Phi) is 3.13. The molecule has 2 fully saturated rings. The van der Waals surface area contributed by atoms with Gasteiger partial charge in [-0.05, 0) is 24.5 Å². The minimum atomic E-state index is -3.66. The van der Waals surface area contributed by atoms with E-state index in [9.17, 15) is 8.42 Å². The van der Waals surface area contributed by atoms with E-state index in [1.54, 1.807) is 12.1 Å². The van der Waals surface area contributed by atoms with E-state index >= 15 is 0 Å². The number of nitrogens with one attached hydrogen (secondary N) is 1. The third-order valence-corrected chi connectivity index (χ3v) is 5.11. The van der Waals surface area contributed by atoms with E-state index in [2.05, 4.69) is 10.2 Å². The van der Waals surface area contributed by atoms with Crippen molar-refractivity contribution in [3.8, 4) is 0 Å². The molecule has 0 radical (unpaired) electrons. The molecule has 0 bridgehead atoms. The van der Waals surface area contributed by atoms with Crippen molar-refractivity contribution in [3.63, 3.8) is 0 Å². The van der Waals surface area contributed by atoms with Crippen LogP contribution in [0, 0.1) is 0 Å². The first-order valence-corrected chi connectivity index (χ1v) is 8.17. The summed E-state index contributed by atoms with van der Waals surface area (Å²) in [6.45, 7) is 3.83. The molecule has 1 aromatic carbocycles. The van der Waals surface area contributed by atoms with Crippen LogP contribution < -0.4 is 10.5 Å². The summed E-state index contributed by atoms with van der Waals surface area (Å²) in [6, 6.07) is 7.16. The number of hydrogen-bond donors (Lipinski definition) is 2. The number of primary sulfonamides is 1. The molecule has 1 saturated heterocycles. The quantitative estimate of drug-likeness (QED) is 0.831. The van der Waals surface area contributed by atoms with Crippen molar-refractivity contribution in [2.24, 2.45) is 5.14 Å². The zero-order valence-corrected chi connectivity index (χ0v) is 11.6. The van der Waals surface area contributed by atoms with Crippen molar-refractivity contribution in [1.82, 2.24) is 10.2 Å². The van der Waals surface area contributed by atoms with Crippen LogP contribution in [0.15, 0.2) is 29.2 Å². The zero-order valence-electron chi connectivity index (χ0n) is 10.8. The van der Waals surface area contributed by atoms with Crippen molar-refractivity contribution >= 4 is 10.0 Å². The van der Waals surface area contributed by atoms with Gasteiger partial charge in [-0.3, -0.25) is 4.90 Å². The second-order valence-corrected chi connectivity index (χ2v) is 6.84. The van der Waals surface area contributed by atoms with E-state index in [1.807, 2.05) is 12.1 Å². The first-order valence-electron chi connectivity index (χ1n) is 6.62. The van der Waals surface area contributed by atoms with Gasteiger partial charge >= 0.3 is 0 Å². The average molecular weight is 281 g/mol. The highest BCUT2D eigenvalue weighted by Crippen LogP contribution is 2.52. The van der Waals surface area contributed by atoms with Gasteiger partial charge in [-0.25, -0.2) is 13.6 Å². The number of benzene rings is 1. The van der Waals surface area contributed by atoms with E-state index in [-0.39, 0.29) is 10.4 Å². The van der Waals surface area contributed by atoms with Gasteiger partial charge in [0.1, 0.15) is 0 Å². The summed E-state index contributed by atoms with van der Waals surface area (Å²) in [5, 5.41) is 8.68. The molecule has 0 spiro atoms. The number of nitrogens with zero attached hydrogens (tertiary/aromatic N) is 1. The molecule has 104 valence electrons. The molecule has 3 rings (SSSR count). The second kappa shape index (κ2) is 4.56. The van der Waals surface area contributed by atoms with Crippen LogP contribution in [0.2, 0.25) is 0 Å². The Morgan fingerprint density at radius 1 is 1.16 bits per heavy atom. The third-order valence-electron chi connectivity index (χ3n) is 4.14. The molecule has 2 aliphatic rings. The molecule has 5 nitrogen and oxygen atoms in total. The largest absolute Gasteiger partial charge is 0.314 e. The normalized spacial score (nSPS) is 23.2. The number of hydrogen-bond acceptors (Lipinski definition) is 4. The van der Waals surface area contributed by atoms with Gasteiger partial charge in [-0.15, -0.1) is 0 Å². The Hall–Kier alpha value is -0.950. The molecular formula is C13H19N3O2S. The lowest BCUT2D eigenvalue weighted by molar-refractivity contribution is 0.152. The van der Waals surface area contributed by atoms with E-state index in [4.69, 9.17) is 5.14 Å². The van der Waals surface area contributed by atoms with Gasteiger partial charge in [-0.2, -0.15) is 0 Å². The highest BCUT2D eigenvalue weighted by molar-refractivity contribution is 7.89. The average Bonchev–Trinajstić information content (AvgIpc) is 3.20. The van der Waals surface area contributed by atoms with Crippen LogP contribution in [0.5, 0.6) is 0 Å². The molecule has 1 saturated carbocycles. The van der Waals surface area contributed by atoms with Crippen LogP contribution in [-0.4, -0.2) is 39.5 Å². The molecule has 0 atom stereocenters. The summed E-state index contributed by atoms with van der Waals surface area (Å²) in [4.78, 5) is 2.68. The first-order chi connectivity index (χ1) is 9.04. The minimum Gasteiger partial charge on any atom is -0.314 e. The van der Waals surface area contributed by atoms with Gasteiger partial charge in [-0.1, -0.05) is 18.2 Å². The SMILES string of the molecule is NS(=O)(=O)c1ccccc1C1(N2CCNCC2)CC1. The van der Waals surface area contributed by atoms with Gasteiger partial charge in [0.25, 0.3) is 0 Å². The van der Waals surface area contributed by atoms with Crippen LogP contribution in [0.25, 0.3) is 0 Å². The predicted molar refractivity (Wildman–Crippen MR) is 73.2 cm³/mol. The molecule has 3 N–H and O–H groups in total. The smallest absolute Gasteiger partial charge is 0.238 e. The third kappa shape index (κ3) is 2.29. The lowest BCUT2D eigenvalue weighted by Gasteiger charge is -2.36. The molecule has 0 unspecified atom stereocenters. The Morgan fingerprint density at radius 3 is 2.37 bits per heavy atom. The van der Waals surface area contributed by atoms with E-state index in [1.165, 1.54) is 0 Å². The van der Waals surface area contributed by atoms with Crippen molar-refractivity contribution < 1.29 is 8.42 Å². The first kappa shape index (κ1) is 13.1. The molecule has 1 aliphatic carbocycles. The van der Waals surface area contributed by atoms with Crippen molar-refractivity contribution in [1.29, 1.82) is 0 Å². The molecule has 1 aromatic rings. The number of sulfonamides is 1. The van der Waals surface area contributed by atoms with Crippen LogP contribution >= 0.6 is 0 Å². The second-order valence-electron chi connectivity index (χ2n) is 5.31. The zero-order chi connectivity index (χ0) is 13.5. The fraction of sp³-hybridized carbons (Fsp3) is 0.538. The van der Waals surface area contributed by atoms with E-state index in [0.717, 1.165) is 44.6 Å². The van der Waals surface area contributed by atoms with Gasteiger partial charge in [0.05, 0.1) is 4.90 Å². The Bertz CT molecular complexity index is 575. The van der Waals surface area contributed by atoms with Crippen LogP contribution in [0.1, 0.15) is 18.4 Å². The predicted octanol–water partition coefficient (Wildman–Crippen LogP) is 0.228. The summed E-state index contributed by atoms with van der Waals surface area (Å²) in [6.07, 6.45) is 2.03. The van der Waals surface area contributed by atoms with Crippen molar-refractivity contribution in [2.75, 3.05) is 26.2 Å². The lowest BCUT2D eigenvalue weighted by Crippen LogP contribution is -2.49. The molecule has 0 amide bonds. The van der Waals surface area contributed by atoms with Gasteiger partial charge < -0.3 is 5.32 Å². The maximum Gasteiger partial charge on any atom is 0.238 e. The fourth-order valence-corrected chi connectivity index (χ4v) is 3.90. The van der Waals surface area contributed by atoms with Crippen LogP contribution in [0.4, 0.5) is 0 Å². The van der Waals surface area contributed by atoms with Crippen LogP contribution in [0.3, 0.4) is 0 Å². The summed E-state index contributed by atoms with van der Waals surface area (Å²) < 4.78 is 23.5. The summed E-state index contributed by atoms with van der Waals surface area (Å²) in [5.74, 6) is 0. The van der Waals surface area contributed by atoms with Crippen LogP contribution in [-0.2, 0) is 15.6 Å². The molecule has 1 aliphatic heterocycles. The summed E-state index contributed by atoms with van der Waals surface area (Å²) >= 11 is 0. The van der Waals surface area contributed by atoms with Crippen molar-refractivity contribution in [3.05, 3.63) is 29.8 Å². The highest BCUT2D eigenvalue weighted by Gasteiger charge is 2.51. The fourth-order valence-electron chi connectivity index (χ4n) is 3.07. The maximum atomic E-state index is 11.8. The minimum absolute atomic E-state index is 0.106. The monoisotopic (exact) mass is 281 g/mol. The Morgan fingerprint density at radius 2 is 1.79 bits per heavy atom. The molecule has 0 aromatic heterocycles. The maximum absolute atomic E-state index is 11.8. The molecular weight excluding hydrogens is 262 g/mol.